The van der Waals surface area contributed by atoms with E-state index in [9.17, 15) is 4.79 Å². The second-order valence-corrected chi connectivity index (χ2v) is 7.56. The van der Waals surface area contributed by atoms with Gasteiger partial charge in [-0.15, -0.1) is 0 Å². The minimum absolute atomic E-state index is 0.00832. The van der Waals surface area contributed by atoms with Crippen LogP contribution in [0.2, 0.25) is 0 Å². The number of rotatable bonds is 5. The van der Waals surface area contributed by atoms with Crippen molar-refractivity contribution in [2.24, 2.45) is 0 Å². The fourth-order valence-electron chi connectivity index (χ4n) is 2.88. The zero-order chi connectivity index (χ0) is 19.4. The van der Waals surface area contributed by atoms with E-state index in [0.29, 0.717) is 6.54 Å². The zero-order valence-electron chi connectivity index (χ0n) is 15.9. The number of amides is 1. The molecule has 3 aromatic rings. The molecule has 2 aromatic heterocycles. The number of hydrogen-bond acceptors (Lipinski definition) is 3. The Balaban J connectivity index is 1.66. The lowest BCUT2D eigenvalue weighted by Gasteiger charge is -2.17. The summed E-state index contributed by atoms with van der Waals surface area (Å²) in [4.78, 5) is 16.7. The molecular formula is C22H25N3O2. The van der Waals surface area contributed by atoms with Crippen LogP contribution < -0.4 is 5.32 Å². The maximum atomic E-state index is 12.2. The standard InChI is InChI=1S/C22H25N3O2/c1-22(2,3)20-8-4-16(15-23-20)5-9-21(27)24-18-6-7-19-17(14-18)10-11-25(19)12-13-26/h4-11,14-15,26H,12-13H2,1-3H3,(H,24,27). The lowest BCUT2D eigenvalue weighted by Crippen LogP contribution is -2.13. The molecular weight excluding hydrogens is 338 g/mol. The van der Waals surface area contributed by atoms with E-state index in [1.54, 1.807) is 12.3 Å². The van der Waals surface area contributed by atoms with Crippen molar-refractivity contribution in [3.63, 3.8) is 0 Å². The second kappa shape index (κ2) is 7.76. The van der Waals surface area contributed by atoms with Crippen molar-refractivity contribution < 1.29 is 9.90 Å². The summed E-state index contributed by atoms with van der Waals surface area (Å²) >= 11 is 0. The van der Waals surface area contributed by atoms with Gasteiger partial charge in [-0.1, -0.05) is 26.8 Å². The maximum Gasteiger partial charge on any atom is 0.248 e. The fourth-order valence-corrected chi connectivity index (χ4v) is 2.88. The summed E-state index contributed by atoms with van der Waals surface area (Å²) in [5, 5.41) is 13.0. The van der Waals surface area contributed by atoms with Gasteiger partial charge in [0.05, 0.1) is 6.61 Å². The van der Waals surface area contributed by atoms with Crippen LogP contribution in [0.5, 0.6) is 0 Å². The molecule has 1 amide bonds. The number of aliphatic hydroxyl groups excluding tert-OH is 1. The lowest BCUT2D eigenvalue weighted by molar-refractivity contribution is -0.111. The summed E-state index contributed by atoms with van der Waals surface area (Å²) in [6, 6.07) is 11.7. The third-order valence-electron chi connectivity index (χ3n) is 4.36. The Kier molecular flexibility index (Phi) is 5.42. The number of nitrogens with zero attached hydrogens (tertiary/aromatic N) is 2. The highest BCUT2D eigenvalue weighted by atomic mass is 16.3. The van der Waals surface area contributed by atoms with Crippen molar-refractivity contribution in [2.45, 2.75) is 32.7 Å². The Morgan fingerprint density at radius 3 is 2.70 bits per heavy atom. The van der Waals surface area contributed by atoms with Crippen molar-refractivity contribution in [2.75, 3.05) is 11.9 Å². The molecule has 0 saturated carbocycles. The molecule has 0 atom stereocenters. The van der Waals surface area contributed by atoms with E-state index in [1.165, 1.54) is 6.08 Å². The molecule has 0 unspecified atom stereocenters. The Bertz CT molecular complexity index is 963. The molecule has 27 heavy (non-hydrogen) atoms. The third-order valence-corrected chi connectivity index (χ3v) is 4.36. The topological polar surface area (TPSA) is 67.2 Å². The average molecular weight is 363 g/mol. The van der Waals surface area contributed by atoms with Crippen LogP contribution in [0, 0.1) is 0 Å². The second-order valence-electron chi connectivity index (χ2n) is 7.56. The SMILES string of the molecule is CC(C)(C)c1ccc(C=CC(=O)Nc2ccc3c(ccn3CCO)c2)cn1. The predicted molar refractivity (Wildman–Crippen MR) is 110 cm³/mol. The summed E-state index contributed by atoms with van der Waals surface area (Å²) in [6.07, 6.45) is 6.97. The Hall–Kier alpha value is -2.92. The molecule has 0 fully saturated rings. The summed E-state index contributed by atoms with van der Waals surface area (Å²) in [5.74, 6) is -0.191. The fraction of sp³-hybridized carbons (Fsp3) is 0.273. The number of carbonyl (C=O) groups excluding carboxylic acids is 1. The van der Waals surface area contributed by atoms with Gasteiger partial charge < -0.3 is 15.0 Å². The minimum Gasteiger partial charge on any atom is -0.395 e. The van der Waals surface area contributed by atoms with Crippen molar-refractivity contribution in [1.82, 2.24) is 9.55 Å². The predicted octanol–water partition coefficient (Wildman–Crippen LogP) is 3.98. The van der Waals surface area contributed by atoms with E-state index < -0.39 is 0 Å². The van der Waals surface area contributed by atoms with Gasteiger partial charge in [-0.25, -0.2) is 0 Å². The lowest BCUT2D eigenvalue weighted by atomic mass is 9.91. The highest BCUT2D eigenvalue weighted by Gasteiger charge is 2.14. The van der Waals surface area contributed by atoms with E-state index in [4.69, 9.17) is 5.11 Å². The number of fused-ring (bicyclic) bond motifs is 1. The quantitative estimate of drug-likeness (QED) is 0.674. The first kappa shape index (κ1) is 18.9. The monoisotopic (exact) mass is 363 g/mol. The molecule has 140 valence electrons. The molecule has 5 heteroatoms. The highest BCUT2D eigenvalue weighted by molar-refractivity contribution is 6.03. The Morgan fingerprint density at radius 2 is 2.04 bits per heavy atom. The molecule has 0 spiro atoms. The van der Waals surface area contributed by atoms with Crippen LogP contribution >= 0.6 is 0 Å². The largest absolute Gasteiger partial charge is 0.395 e. The summed E-state index contributed by atoms with van der Waals surface area (Å²) in [6.45, 7) is 7.01. The van der Waals surface area contributed by atoms with Crippen molar-refractivity contribution >= 4 is 28.6 Å². The van der Waals surface area contributed by atoms with Gasteiger partial charge in [0.25, 0.3) is 0 Å². The van der Waals surface area contributed by atoms with Crippen LogP contribution in [0.3, 0.4) is 0 Å². The number of aromatic nitrogens is 2. The van der Waals surface area contributed by atoms with Crippen LogP contribution in [0.4, 0.5) is 5.69 Å². The van der Waals surface area contributed by atoms with Gasteiger partial charge in [0.2, 0.25) is 5.91 Å². The molecule has 2 heterocycles. The molecule has 1 aromatic carbocycles. The van der Waals surface area contributed by atoms with Gasteiger partial charge in [0, 0.05) is 52.7 Å². The maximum absolute atomic E-state index is 12.2. The normalized spacial score (nSPS) is 12.0. The van der Waals surface area contributed by atoms with Crippen molar-refractivity contribution in [3.8, 4) is 0 Å². The minimum atomic E-state index is -0.191. The van der Waals surface area contributed by atoms with Gasteiger partial charge in [-0.3, -0.25) is 9.78 Å². The Morgan fingerprint density at radius 1 is 1.22 bits per heavy atom. The number of nitrogens with one attached hydrogen (secondary N) is 1. The number of aliphatic hydroxyl groups is 1. The van der Waals surface area contributed by atoms with Gasteiger partial charge in [-0.05, 0) is 42.0 Å². The first-order valence-electron chi connectivity index (χ1n) is 9.02. The van der Waals surface area contributed by atoms with E-state index in [1.807, 2.05) is 47.2 Å². The molecule has 0 bridgehead atoms. The molecule has 5 nitrogen and oxygen atoms in total. The molecule has 0 aliphatic heterocycles. The van der Waals surface area contributed by atoms with E-state index in [-0.39, 0.29) is 17.9 Å². The molecule has 0 radical (unpaired) electrons. The summed E-state index contributed by atoms with van der Waals surface area (Å²) < 4.78 is 1.98. The summed E-state index contributed by atoms with van der Waals surface area (Å²) in [7, 11) is 0. The van der Waals surface area contributed by atoms with Gasteiger partial charge in [-0.2, -0.15) is 0 Å². The number of benzene rings is 1. The van der Waals surface area contributed by atoms with Crippen LogP contribution in [-0.2, 0) is 16.8 Å². The van der Waals surface area contributed by atoms with Crippen molar-refractivity contribution in [3.05, 3.63) is 66.1 Å². The smallest absolute Gasteiger partial charge is 0.248 e. The van der Waals surface area contributed by atoms with Crippen LogP contribution in [0.25, 0.3) is 17.0 Å². The van der Waals surface area contributed by atoms with Gasteiger partial charge >= 0.3 is 0 Å². The van der Waals surface area contributed by atoms with E-state index >= 15 is 0 Å². The van der Waals surface area contributed by atoms with E-state index in [2.05, 4.69) is 31.1 Å². The molecule has 2 N–H and O–H groups in total. The molecule has 0 aliphatic carbocycles. The zero-order valence-corrected chi connectivity index (χ0v) is 15.9. The number of hydrogen-bond donors (Lipinski definition) is 2. The van der Waals surface area contributed by atoms with Gasteiger partial charge in [0.1, 0.15) is 0 Å². The van der Waals surface area contributed by atoms with Gasteiger partial charge in [0.15, 0.2) is 0 Å². The Labute approximate surface area is 159 Å². The third kappa shape index (κ3) is 4.63. The van der Waals surface area contributed by atoms with Crippen molar-refractivity contribution in [1.29, 1.82) is 0 Å². The first-order valence-corrected chi connectivity index (χ1v) is 9.02. The number of carbonyl (C=O) groups is 1. The van der Waals surface area contributed by atoms with Crippen LogP contribution in [0.1, 0.15) is 32.0 Å². The average Bonchev–Trinajstić information content (AvgIpc) is 3.02. The number of anilines is 1. The number of pyridine rings is 1. The molecule has 0 saturated heterocycles. The molecule has 3 rings (SSSR count). The summed E-state index contributed by atoms with van der Waals surface area (Å²) in [5.41, 5.74) is 3.68. The van der Waals surface area contributed by atoms with Crippen LogP contribution in [0.15, 0.2) is 54.9 Å². The van der Waals surface area contributed by atoms with Crippen LogP contribution in [-0.4, -0.2) is 27.2 Å². The highest BCUT2D eigenvalue weighted by Crippen LogP contribution is 2.21. The molecule has 0 aliphatic rings. The first-order chi connectivity index (χ1) is 12.9. The van der Waals surface area contributed by atoms with E-state index in [0.717, 1.165) is 27.8 Å².